The number of hydrogen-bond acceptors (Lipinski definition) is 4. The number of halogens is 4. The molecule has 0 fully saturated rings. The molecule has 1 aromatic heterocycles. The van der Waals surface area contributed by atoms with Crippen molar-refractivity contribution >= 4 is 29.1 Å². The summed E-state index contributed by atoms with van der Waals surface area (Å²) in [4.78, 5) is 20.0. The lowest BCUT2D eigenvalue weighted by molar-refractivity contribution is -0.137. The first-order valence-corrected chi connectivity index (χ1v) is 7.63. The molecule has 2 rings (SSSR count). The number of carbonyl (C=O) groups excluding carboxylic acids is 1. The van der Waals surface area contributed by atoms with E-state index in [2.05, 4.69) is 20.6 Å². The number of hydrogen-bond donors (Lipinski definition) is 2. The first-order chi connectivity index (χ1) is 11.5. The van der Waals surface area contributed by atoms with Crippen LogP contribution in [0.3, 0.4) is 0 Å². The molecule has 1 heterocycles. The van der Waals surface area contributed by atoms with E-state index >= 15 is 0 Å². The van der Waals surface area contributed by atoms with Gasteiger partial charge in [0.1, 0.15) is 5.69 Å². The SMILES string of the molecule is CC(C)(C)NC(=O)c1ccnc(Nc2cc(C(F)(F)F)ccc2Cl)n1. The van der Waals surface area contributed by atoms with Gasteiger partial charge in [0.2, 0.25) is 5.95 Å². The topological polar surface area (TPSA) is 66.9 Å². The van der Waals surface area contributed by atoms with Gasteiger partial charge in [-0.1, -0.05) is 11.6 Å². The van der Waals surface area contributed by atoms with E-state index in [4.69, 9.17) is 11.6 Å². The van der Waals surface area contributed by atoms with Crippen molar-refractivity contribution in [2.24, 2.45) is 0 Å². The van der Waals surface area contributed by atoms with Gasteiger partial charge in [0.25, 0.3) is 5.91 Å². The van der Waals surface area contributed by atoms with Gasteiger partial charge in [0.05, 0.1) is 16.3 Å². The van der Waals surface area contributed by atoms with Crippen LogP contribution < -0.4 is 10.6 Å². The molecule has 0 spiro atoms. The highest BCUT2D eigenvalue weighted by Gasteiger charge is 2.31. The number of amides is 1. The molecule has 0 saturated carbocycles. The van der Waals surface area contributed by atoms with E-state index in [1.807, 2.05) is 20.8 Å². The molecule has 0 aliphatic rings. The standard InChI is InChI=1S/C16H16ClF3N4O/c1-15(2,3)24-13(25)11-6-7-21-14(22-11)23-12-8-9(16(18,19)20)4-5-10(12)17/h4-8H,1-3H3,(H,24,25)(H,21,22,23). The minimum Gasteiger partial charge on any atom is -0.346 e. The number of benzene rings is 1. The zero-order chi connectivity index (χ0) is 18.8. The molecule has 5 nitrogen and oxygen atoms in total. The van der Waals surface area contributed by atoms with Crippen LogP contribution in [0.15, 0.2) is 30.5 Å². The van der Waals surface area contributed by atoms with Crippen LogP contribution in [0.25, 0.3) is 0 Å². The molecule has 0 saturated heterocycles. The lowest BCUT2D eigenvalue weighted by Gasteiger charge is -2.20. The second-order valence-electron chi connectivity index (χ2n) is 6.29. The maximum Gasteiger partial charge on any atom is 0.416 e. The smallest absolute Gasteiger partial charge is 0.346 e. The Kier molecular flexibility index (Phi) is 5.22. The Morgan fingerprint density at radius 3 is 2.44 bits per heavy atom. The Labute approximate surface area is 147 Å². The Morgan fingerprint density at radius 1 is 1.16 bits per heavy atom. The highest BCUT2D eigenvalue weighted by molar-refractivity contribution is 6.33. The molecule has 0 aliphatic heterocycles. The summed E-state index contributed by atoms with van der Waals surface area (Å²) in [5.41, 5.74) is -1.25. The number of anilines is 2. The molecule has 134 valence electrons. The average Bonchev–Trinajstić information content (AvgIpc) is 2.47. The van der Waals surface area contributed by atoms with E-state index in [0.29, 0.717) is 0 Å². The van der Waals surface area contributed by atoms with Gasteiger partial charge in [-0.15, -0.1) is 0 Å². The molecule has 9 heteroatoms. The summed E-state index contributed by atoms with van der Waals surface area (Å²) in [5, 5.41) is 5.41. The first-order valence-electron chi connectivity index (χ1n) is 7.25. The van der Waals surface area contributed by atoms with Crippen LogP contribution in [0.1, 0.15) is 36.8 Å². The van der Waals surface area contributed by atoms with E-state index in [0.717, 1.165) is 18.2 Å². The molecule has 0 atom stereocenters. The number of rotatable bonds is 3. The van der Waals surface area contributed by atoms with Gasteiger partial charge in [0, 0.05) is 11.7 Å². The number of alkyl halides is 3. The fourth-order valence-electron chi connectivity index (χ4n) is 1.87. The van der Waals surface area contributed by atoms with Crippen LogP contribution in [0, 0.1) is 0 Å². The van der Waals surface area contributed by atoms with Crippen LogP contribution in [0.5, 0.6) is 0 Å². The van der Waals surface area contributed by atoms with Crippen LogP contribution in [0.4, 0.5) is 24.8 Å². The fourth-order valence-corrected chi connectivity index (χ4v) is 2.03. The molecule has 25 heavy (non-hydrogen) atoms. The summed E-state index contributed by atoms with van der Waals surface area (Å²) in [6, 6.07) is 4.26. The van der Waals surface area contributed by atoms with Gasteiger partial charge in [0.15, 0.2) is 0 Å². The van der Waals surface area contributed by atoms with Crippen molar-refractivity contribution in [2.75, 3.05) is 5.32 Å². The quantitative estimate of drug-likeness (QED) is 0.837. The third kappa shape index (κ3) is 5.32. The van der Waals surface area contributed by atoms with Crippen molar-refractivity contribution in [3.05, 3.63) is 46.7 Å². The van der Waals surface area contributed by atoms with Crippen LogP contribution in [-0.4, -0.2) is 21.4 Å². The van der Waals surface area contributed by atoms with Gasteiger partial charge < -0.3 is 10.6 Å². The Balaban J connectivity index is 2.27. The third-order valence-electron chi connectivity index (χ3n) is 2.92. The Morgan fingerprint density at radius 2 is 1.84 bits per heavy atom. The number of aromatic nitrogens is 2. The molecule has 0 radical (unpaired) electrons. The Bertz CT molecular complexity index is 788. The predicted molar refractivity (Wildman–Crippen MR) is 89.0 cm³/mol. The molecule has 1 aromatic carbocycles. The molecular weight excluding hydrogens is 357 g/mol. The van der Waals surface area contributed by atoms with Gasteiger partial charge in [-0.05, 0) is 45.0 Å². The van der Waals surface area contributed by atoms with Crippen LogP contribution in [0.2, 0.25) is 5.02 Å². The van der Waals surface area contributed by atoms with Gasteiger partial charge >= 0.3 is 6.18 Å². The van der Waals surface area contributed by atoms with Crippen molar-refractivity contribution in [3.8, 4) is 0 Å². The molecule has 1 amide bonds. The van der Waals surface area contributed by atoms with Crippen molar-refractivity contribution in [2.45, 2.75) is 32.5 Å². The summed E-state index contributed by atoms with van der Waals surface area (Å²) in [7, 11) is 0. The maximum absolute atomic E-state index is 12.8. The van der Waals surface area contributed by atoms with Crippen molar-refractivity contribution < 1.29 is 18.0 Å². The van der Waals surface area contributed by atoms with E-state index in [-0.39, 0.29) is 22.4 Å². The normalized spacial score (nSPS) is 12.0. The summed E-state index contributed by atoms with van der Waals surface area (Å²) >= 11 is 5.92. The summed E-state index contributed by atoms with van der Waals surface area (Å²) in [5.74, 6) is -0.462. The number of nitrogens with one attached hydrogen (secondary N) is 2. The molecular formula is C16H16ClF3N4O. The monoisotopic (exact) mass is 372 g/mol. The third-order valence-corrected chi connectivity index (χ3v) is 3.25. The van der Waals surface area contributed by atoms with Crippen molar-refractivity contribution in [3.63, 3.8) is 0 Å². The summed E-state index contributed by atoms with van der Waals surface area (Å²) in [6.07, 6.45) is -3.18. The molecule has 0 unspecified atom stereocenters. The second-order valence-corrected chi connectivity index (χ2v) is 6.69. The molecule has 0 aliphatic carbocycles. The minimum absolute atomic E-state index is 0.00938. The summed E-state index contributed by atoms with van der Waals surface area (Å²) in [6.45, 7) is 5.44. The van der Waals surface area contributed by atoms with Crippen LogP contribution >= 0.6 is 11.6 Å². The van der Waals surface area contributed by atoms with Gasteiger partial charge in [-0.2, -0.15) is 13.2 Å². The van der Waals surface area contributed by atoms with Gasteiger partial charge in [-0.25, -0.2) is 9.97 Å². The summed E-state index contributed by atoms with van der Waals surface area (Å²) < 4.78 is 38.4. The largest absolute Gasteiger partial charge is 0.416 e. The lowest BCUT2D eigenvalue weighted by atomic mass is 10.1. The van der Waals surface area contributed by atoms with Crippen LogP contribution in [-0.2, 0) is 6.18 Å². The van der Waals surface area contributed by atoms with E-state index in [1.165, 1.54) is 12.3 Å². The zero-order valence-corrected chi connectivity index (χ0v) is 14.5. The predicted octanol–water partition coefficient (Wildman–Crippen LogP) is 4.42. The Hall–Kier alpha value is -2.35. The molecule has 2 N–H and O–H groups in total. The lowest BCUT2D eigenvalue weighted by Crippen LogP contribution is -2.41. The minimum atomic E-state index is -4.50. The highest BCUT2D eigenvalue weighted by Crippen LogP contribution is 2.34. The first kappa shape index (κ1) is 19.0. The second kappa shape index (κ2) is 6.87. The van der Waals surface area contributed by atoms with Gasteiger partial charge in [-0.3, -0.25) is 4.79 Å². The van der Waals surface area contributed by atoms with Crippen molar-refractivity contribution in [1.82, 2.24) is 15.3 Å². The van der Waals surface area contributed by atoms with Crippen molar-refractivity contribution in [1.29, 1.82) is 0 Å². The molecule has 2 aromatic rings. The average molecular weight is 373 g/mol. The number of nitrogens with zero attached hydrogens (tertiary/aromatic N) is 2. The highest BCUT2D eigenvalue weighted by atomic mass is 35.5. The zero-order valence-electron chi connectivity index (χ0n) is 13.7. The van der Waals surface area contributed by atoms with E-state index < -0.39 is 23.2 Å². The number of carbonyl (C=O) groups is 1. The maximum atomic E-state index is 12.8. The fraction of sp³-hybridized carbons (Fsp3) is 0.312. The molecule has 0 bridgehead atoms. The van der Waals surface area contributed by atoms with E-state index in [9.17, 15) is 18.0 Å². The van der Waals surface area contributed by atoms with E-state index in [1.54, 1.807) is 0 Å².